The molecule has 0 aliphatic carbocycles. The van der Waals surface area contributed by atoms with Crippen LogP contribution in [0.1, 0.15) is 5.76 Å². The first-order chi connectivity index (χ1) is 5.70. The largest absolute Gasteiger partial charge is 0.480 e. The van der Waals surface area contributed by atoms with E-state index in [0.717, 1.165) is 0 Å². The fourth-order valence-corrected chi connectivity index (χ4v) is 0.720. The van der Waals surface area contributed by atoms with E-state index in [9.17, 15) is 4.79 Å². The van der Waals surface area contributed by atoms with Gasteiger partial charge in [-0.3, -0.25) is 4.79 Å². The van der Waals surface area contributed by atoms with Crippen molar-refractivity contribution in [3.63, 3.8) is 0 Å². The molecule has 0 unspecified atom stereocenters. The Labute approximate surface area is 69.5 Å². The number of rotatable bonds is 4. The van der Waals surface area contributed by atoms with Crippen molar-refractivity contribution in [2.24, 2.45) is 0 Å². The summed E-state index contributed by atoms with van der Waals surface area (Å²) in [4.78, 5) is 10.1. The molecule has 0 fully saturated rings. The summed E-state index contributed by atoms with van der Waals surface area (Å²) in [5.74, 6) is -0.376. The lowest BCUT2D eigenvalue weighted by Gasteiger charge is -2.02. The van der Waals surface area contributed by atoms with Crippen LogP contribution in [0.25, 0.3) is 5.70 Å². The molecule has 0 atom stereocenters. The first-order valence-corrected chi connectivity index (χ1v) is 3.38. The fourth-order valence-electron chi connectivity index (χ4n) is 0.720. The van der Waals surface area contributed by atoms with Crippen molar-refractivity contribution in [2.45, 2.75) is 0 Å². The van der Waals surface area contributed by atoms with E-state index in [2.05, 4.69) is 11.9 Å². The molecule has 0 bridgehead atoms. The summed E-state index contributed by atoms with van der Waals surface area (Å²) in [5, 5.41) is 10.9. The molecular weight excluding hydrogens is 158 g/mol. The van der Waals surface area contributed by atoms with Crippen LogP contribution in [0.5, 0.6) is 0 Å². The van der Waals surface area contributed by atoms with Crippen LogP contribution < -0.4 is 5.32 Å². The van der Waals surface area contributed by atoms with Crippen LogP contribution >= 0.6 is 0 Å². The Morgan fingerprint density at radius 3 is 3.00 bits per heavy atom. The third kappa shape index (κ3) is 2.16. The number of hydrogen-bond donors (Lipinski definition) is 2. The van der Waals surface area contributed by atoms with Crippen LogP contribution in [0.2, 0.25) is 0 Å². The molecule has 0 amide bonds. The van der Waals surface area contributed by atoms with Crippen LogP contribution in [0.3, 0.4) is 0 Å². The van der Waals surface area contributed by atoms with E-state index in [1.165, 1.54) is 6.26 Å². The van der Waals surface area contributed by atoms with Crippen LogP contribution in [0.4, 0.5) is 0 Å². The molecule has 0 saturated heterocycles. The lowest BCUT2D eigenvalue weighted by atomic mass is 10.3. The normalized spacial score (nSPS) is 9.33. The minimum Gasteiger partial charge on any atom is -0.480 e. The van der Waals surface area contributed by atoms with Gasteiger partial charge < -0.3 is 14.8 Å². The van der Waals surface area contributed by atoms with E-state index in [1.54, 1.807) is 12.1 Å². The quantitative estimate of drug-likeness (QED) is 0.700. The third-order valence-corrected chi connectivity index (χ3v) is 1.27. The summed E-state index contributed by atoms with van der Waals surface area (Å²) in [7, 11) is 0. The molecule has 1 aromatic rings. The molecular formula is C8H9NO3. The zero-order valence-electron chi connectivity index (χ0n) is 6.41. The van der Waals surface area contributed by atoms with Crippen molar-refractivity contribution in [1.82, 2.24) is 5.32 Å². The number of nitrogens with one attached hydrogen (secondary N) is 1. The molecule has 64 valence electrons. The summed E-state index contributed by atoms with van der Waals surface area (Å²) >= 11 is 0. The average molecular weight is 167 g/mol. The molecule has 0 aliphatic heterocycles. The SMILES string of the molecule is C=C(NCC(=O)O)c1ccco1. The van der Waals surface area contributed by atoms with Gasteiger partial charge in [-0.25, -0.2) is 0 Å². The van der Waals surface area contributed by atoms with E-state index >= 15 is 0 Å². The highest BCUT2D eigenvalue weighted by atomic mass is 16.4. The van der Waals surface area contributed by atoms with Crippen LogP contribution in [0, 0.1) is 0 Å². The van der Waals surface area contributed by atoms with Gasteiger partial charge in [0.25, 0.3) is 0 Å². The minimum absolute atomic E-state index is 0.153. The summed E-state index contributed by atoms with van der Waals surface area (Å²) < 4.78 is 4.97. The summed E-state index contributed by atoms with van der Waals surface area (Å²) in [6.45, 7) is 3.45. The minimum atomic E-state index is -0.928. The Morgan fingerprint density at radius 2 is 2.50 bits per heavy atom. The van der Waals surface area contributed by atoms with Gasteiger partial charge in [0.15, 0.2) is 0 Å². The molecule has 0 aliphatic rings. The Hall–Kier alpha value is -1.71. The Kier molecular flexibility index (Phi) is 2.53. The van der Waals surface area contributed by atoms with Gasteiger partial charge in [0.05, 0.1) is 12.0 Å². The van der Waals surface area contributed by atoms with Crippen molar-refractivity contribution < 1.29 is 14.3 Å². The van der Waals surface area contributed by atoms with Gasteiger partial charge in [0.1, 0.15) is 12.3 Å². The molecule has 0 aromatic carbocycles. The van der Waals surface area contributed by atoms with Crippen LogP contribution in [-0.4, -0.2) is 17.6 Å². The average Bonchev–Trinajstić information content (AvgIpc) is 2.51. The molecule has 12 heavy (non-hydrogen) atoms. The third-order valence-electron chi connectivity index (χ3n) is 1.27. The maximum atomic E-state index is 10.1. The highest BCUT2D eigenvalue weighted by Crippen LogP contribution is 2.08. The number of aliphatic carboxylic acids is 1. The molecule has 4 nitrogen and oxygen atoms in total. The zero-order valence-corrected chi connectivity index (χ0v) is 6.41. The molecule has 1 aromatic heterocycles. The number of carboxylic acids is 1. The van der Waals surface area contributed by atoms with Gasteiger partial charge in [-0.05, 0) is 12.1 Å². The van der Waals surface area contributed by atoms with E-state index in [4.69, 9.17) is 9.52 Å². The van der Waals surface area contributed by atoms with Gasteiger partial charge >= 0.3 is 5.97 Å². The molecule has 1 heterocycles. The van der Waals surface area contributed by atoms with Gasteiger partial charge in [-0.1, -0.05) is 6.58 Å². The predicted octanol–water partition coefficient (Wildman–Crippen LogP) is 0.925. The van der Waals surface area contributed by atoms with Crippen molar-refractivity contribution in [1.29, 1.82) is 0 Å². The number of hydrogen-bond acceptors (Lipinski definition) is 3. The first-order valence-electron chi connectivity index (χ1n) is 3.38. The second-order valence-electron chi connectivity index (χ2n) is 2.20. The monoisotopic (exact) mass is 167 g/mol. The molecule has 1 rings (SSSR count). The number of carboxylic acid groups (broad SMARTS) is 1. The number of furan rings is 1. The van der Waals surface area contributed by atoms with Gasteiger partial charge in [-0.2, -0.15) is 0 Å². The fraction of sp³-hybridized carbons (Fsp3) is 0.125. The maximum absolute atomic E-state index is 10.1. The van der Waals surface area contributed by atoms with E-state index in [-0.39, 0.29) is 6.54 Å². The second kappa shape index (κ2) is 3.61. The highest BCUT2D eigenvalue weighted by molar-refractivity contribution is 5.72. The van der Waals surface area contributed by atoms with Gasteiger partial charge in [0, 0.05) is 0 Å². The molecule has 0 spiro atoms. The first kappa shape index (κ1) is 8.39. The maximum Gasteiger partial charge on any atom is 0.322 e. The van der Waals surface area contributed by atoms with Crippen molar-refractivity contribution >= 4 is 11.7 Å². The van der Waals surface area contributed by atoms with Gasteiger partial charge in [-0.15, -0.1) is 0 Å². The highest BCUT2D eigenvalue weighted by Gasteiger charge is 2.02. The zero-order chi connectivity index (χ0) is 8.97. The summed E-state index contributed by atoms with van der Waals surface area (Å²) in [6, 6.07) is 3.42. The lowest BCUT2D eigenvalue weighted by Crippen LogP contribution is -2.20. The topological polar surface area (TPSA) is 62.5 Å². The van der Waals surface area contributed by atoms with Crippen molar-refractivity contribution in [3.05, 3.63) is 30.7 Å². The van der Waals surface area contributed by atoms with E-state index < -0.39 is 5.97 Å². The standard InChI is InChI=1S/C8H9NO3/c1-6(9-5-8(10)11)7-3-2-4-12-7/h2-4,9H,1,5H2,(H,10,11). The lowest BCUT2D eigenvalue weighted by molar-refractivity contribution is -0.135. The summed E-state index contributed by atoms with van der Waals surface area (Å²) in [6.07, 6.45) is 1.50. The van der Waals surface area contributed by atoms with Crippen LogP contribution in [0.15, 0.2) is 29.4 Å². The number of carbonyl (C=O) groups is 1. The smallest absolute Gasteiger partial charge is 0.322 e. The Bertz CT molecular complexity index is 277. The van der Waals surface area contributed by atoms with E-state index in [1.807, 2.05) is 0 Å². The van der Waals surface area contributed by atoms with Crippen LogP contribution in [-0.2, 0) is 4.79 Å². The van der Waals surface area contributed by atoms with Gasteiger partial charge in [0.2, 0.25) is 0 Å². The molecule has 0 saturated carbocycles. The second-order valence-corrected chi connectivity index (χ2v) is 2.20. The van der Waals surface area contributed by atoms with Crippen molar-refractivity contribution in [3.8, 4) is 0 Å². The van der Waals surface area contributed by atoms with Crippen molar-refractivity contribution in [2.75, 3.05) is 6.54 Å². The Morgan fingerprint density at radius 1 is 1.75 bits per heavy atom. The summed E-state index contributed by atoms with van der Waals surface area (Å²) in [5.41, 5.74) is 0.474. The molecule has 4 heteroatoms. The van der Waals surface area contributed by atoms with E-state index in [0.29, 0.717) is 11.5 Å². The molecule has 0 radical (unpaired) electrons. The predicted molar refractivity (Wildman–Crippen MR) is 43.4 cm³/mol. The Balaban J connectivity index is 2.45. The molecule has 2 N–H and O–H groups in total.